The number of amides is 1. The van der Waals surface area contributed by atoms with Crippen molar-refractivity contribution >= 4 is 23.4 Å². The second-order valence-corrected chi connectivity index (χ2v) is 6.33. The van der Waals surface area contributed by atoms with Gasteiger partial charge in [-0.05, 0) is 31.6 Å². The lowest BCUT2D eigenvalue weighted by Gasteiger charge is -2.23. The van der Waals surface area contributed by atoms with Crippen molar-refractivity contribution in [2.75, 3.05) is 17.7 Å². The van der Waals surface area contributed by atoms with E-state index in [-0.39, 0.29) is 10.7 Å². The number of carbonyl (C=O) groups excluding carboxylic acids is 1. The van der Waals surface area contributed by atoms with Crippen molar-refractivity contribution in [2.45, 2.75) is 24.5 Å². The number of hydrogen-bond acceptors (Lipinski definition) is 5. The fraction of sp³-hybridized carbons (Fsp3) is 0.500. The number of carbonyl (C=O) groups is 1. The number of aromatic nitrogens is 1. The Morgan fingerprint density at radius 2 is 2.50 bits per heavy atom. The van der Waals surface area contributed by atoms with Gasteiger partial charge in [0.2, 0.25) is 0 Å². The van der Waals surface area contributed by atoms with Crippen LogP contribution >= 0.6 is 11.8 Å². The zero-order chi connectivity index (χ0) is 13.0. The van der Waals surface area contributed by atoms with Gasteiger partial charge in [0, 0.05) is 23.7 Å². The fourth-order valence-corrected chi connectivity index (χ4v) is 3.28. The standard InChI is InChI=1S/C12H18N4OS/c1-12(4-2-6-18-12)8-15-11(17)9-7-14-5-3-10(9)16-13/h3,5,7H,2,4,6,8,13H2,1H3,(H,14,16)(H,15,17). The minimum absolute atomic E-state index is 0.134. The van der Waals surface area contributed by atoms with E-state index in [1.165, 1.54) is 18.4 Å². The van der Waals surface area contributed by atoms with Gasteiger partial charge in [0.05, 0.1) is 11.3 Å². The predicted octanol–water partition coefficient (Wildman–Crippen LogP) is 1.38. The molecular weight excluding hydrogens is 248 g/mol. The Labute approximate surface area is 111 Å². The van der Waals surface area contributed by atoms with Gasteiger partial charge in [-0.1, -0.05) is 0 Å². The van der Waals surface area contributed by atoms with Crippen LogP contribution in [0.15, 0.2) is 18.5 Å². The molecule has 2 heterocycles. The molecule has 18 heavy (non-hydrogen) atoms. The first-order chi connectivity index (χ1) is 8.64. The predicted molar refractivity (Wildman–Crippen MR) is 74.5 cm³/mol. The summed E-state index contributed by atoms with van der Waals surface area (Å²) < 4.78 is 0.161. The molecule has 98 valence electrons. The Morgan fingerprint density at radius 3 is 3.17 bits per heavy atom. The summed E-state index contributed by atoms with van der Waals surface area (Å²) in [6, 6.07) is 1.68. The molecule has 4 N–H and O–H groups in total. The molecule has 1 atom stereocenters. The van der Waals surface area contributed by atoms with Crippen molar-refractivity contribution in [2.24, 2.45) is 5.84 Å². The van der Waals surface area contributed by atoms with Crippen LogP contribution in [0.25, 0.3) is 0 Å². The summed E-state index contributed by atoms with van der Waals surface area (Å²) in [6.45, 7) is 2.87. The van der Waals surface area contributed by atoms with Gasteiger partial charge in [-0.3, -0.25) is 15.6 Å². The number of hydrogen-bond donors (Lipinski definition) is 3. The SMILES string of the molecule is CC1(CNC(=O)c2cnccc2NN)CCCS1. The summed E-state index contributed by atoms with van der Waals surface area (Å²) in [5.41, 5.74) is 3.58. The molecule has 1 aromatic heterocycles. The molecule has 1 amide bonds. The summed E-state index contributed by atoms with van der Waals surface area (Å²) in [5.74, 6) is 6.41. The molecule has 0 bridgehead atoms. The second kappa shape index (κ2) is 5.58. The van der Waals surface area contributed by atoms with E-state index in [4.69, 9.17) is 5.84 Å². The molecule has 1 fully saturated rings. The van der Waals surface area contributed by atoms with Gasteiger partial charge < -0.3 is 10.7 Å². The minimum Gasteiger partial charge on any atom is -0.351 e. The molecular formula is C12H18N4OS. The van der Waals surface area contributed by atoms with Gasteiger partial charge in [-0.15, -0.1) is 0 Å². The van der Waals surface area contributed by atoms with E-state index < -0.39 is 0 Å². The van der Waals surface area contributed by atoms with Gasteiger partial charge in [0.15, 0.2) is 0 Å². The number of thioether (sulfide) groups is 1. The molecule has 2 rings (SSSR count). The largest absolute Gasteiger partial charge is 0.351 e. The smallest absolute Gasteiger partial charge is 0.255 e. The summed E-state index contributed by atoms with van der Waals surface area (Å²) in [4.78, 5) is 16.0. The summed E-state index contributed by atoms with van der Waals surface area (Å²) in [5, 5.41) is 2.96. The molecule has 0 aliphatic carbocycles. The third-order valence-corrected chi connectivity index (χ3v) is 4.68. The third-order valence-electron chi connectivity index (χ3n) is 3.14. The number of anilines is 1. The molecule has 5 nitrogen and oxygen atoms in total. The van der Waals surface area contributed by atoms with Crippen molar-refractivity contribution in [3.05, 3.63) is 24.0 Å². The maximum absolute atomic E-state index is 12.1. The van der Waals surface area contributed by atoms with E-state index in [0.717, 1.165) is 6.42 Å². The molecule has 1 aromatic rings. The highest BCUT2D eigenvalue weighted by Gasteiger charge is 2.30. The lowest BCUT2D eigenvalue weighted by atomic mass is 10.1. The van der Waals surface area contributed by atoms with Crippen LogP contribution < -0.4 is 16.6 Å². The second-order valence-electron chi connectivity index (χ2n) is 4.65. The quantitative estimate of drug-likeness (QED) is 0.567. The van der Waals surface area contributed by atoms with Gasteiger partial charge >= 0.3 is 0 Å². The molecule has 1 aliphatic rings. The Hall–Kier alpha value is -1.27. The zero-order valence-electron chi connectivity index (χ0n) is 10.4. The summed E-state index contributed by atoms with van der Waals surface area (Å²) in [6.07, 6.45) is 5.49. The topological polar surface area (TPSA) is 80.0 Å². The van der Waals surface area contributed by atoms with Crippen LogP contribution in [0.5, 0.6) is 0 Å². The molecule has 0 saturated carbocycles. The first-order valence-corrected chi connectivity index (χ1v) is 6.96. The Balaban J connectivity index is 1.99. The Morgan fingerprint density at radius 1 is 1.67 bits per heavy atom. The fourth-order valence-electron chi connectivity index (χ4n) is 2.04. The van der Waals surface area contributed by atoms with Crippen LogP contribution in [0.2, 0.25) is 0 Å². The number of hydrazine groups is 1. The number of nitrogens with one attached hydrogen (secondary N) is 2. The van der Waals surface area contributed by atoms with Gasteiger partial charge in [0.25, 0.3) is 5.91 Å². The Bertz CT molecular complexity index is 432. The Kier molecular flexibility index (Phi) is 4.08. The van der Waals surface area contributed by atoms with Crippen molar-refractivity contribution in [1.82, 2.24) is 10.3 Å². The first-order valence-electron chi connectivity index (χ1n) is 5.97. The van der Waals surface area contributed by atoms with Crippen LogP contribution in [0.3, 0.4) is 0 Å². The summed E-state index contributed by atoms with van der Waals surface area (Å²) >= 11 is 1.92. The van der Waals surface area contributed by atoms with E-state index in [1.807, 2.05) is 11.8 Å². The highest BCUT2D eigenvalue weighted by Crippen LogP contribution is 2.37. The summed E-state index contributed by atoms with van der Waals surface area (Å²) in [7, 11) is 0. The van der Waals surface area contributed by atoms with Crippen LogP contribution in [-0.2, 0) is 0 Å². The molecule has 0 aromatic carbocycles. The van der Waals surface area contributed by atoms with E-state index in [0.29, 0.717) is 17.8 Å². The van der Waals surface area contributed by atoms with Gasteiger partial charge in [-0.2, -0.15) is 11.8 Å². The normalized spacial score (nSPS) is 22.8. The third kappa shape index (κ3) is 2.94. The van der Waals surface area contributed by atoms with E-state index in [9.17, 15) is 4.79 Å². The number of nitrogen functional groups attached to an aromatic ring is 1. The average molecular weight is 266 g/mol. The number of pyridine rings is 1. The highest BCUT2D eigenvalue weighted by atomic mass is 32.2. The van der Waals surface area contributed by atoms with Crippen LogP contribution in [0.4, 0.5) is 5.69 Å². The maximum Gasteiger partial charge on any atom is 0.255 e. The zero-order valence-corrected chi connectivity index (χ0v) is 11.2. The lowest BCUT2D eigenvalue weighted by molar-refractivity contribution is 0.0950. The van der Waals surface area contributed by atoms with E-state index in [1.54, 1.807) is 12.3 Å². The molecule has 0 radical (unpaired) electrons. The lowest BCUT2D eigenvalue weighted by Crippen LogP contribution is -2.37. The maximum atomic E-state index is 12.1. The molecule has 1 aliphatic heterocycles. The van der Waals surface area contributed by atoms with Crippen LogP contribution in [0, 0.1) is 0 Å². The number of nitrogens with two attached hydrogens (primary N) is 1. The number of rotatable bonds is 4. The molecule has 0 spiro atoms. The van der Waals surface area contributed by atoms with Crippen LogP contribution in [-0.4, -0.2) is 27.9 Å². The molecule has 1 unspecified atom stereocenters. The van der Waals surface area contributed by atoms with E-state index in [2.05, 4.69) is 22.7 Å². The first kappa shape index (κ1) is 13.2. The average Bonchev–Trinajstić information content (AvgIpc) is 2.83. The monoisotopic (exact) mass is 266 g/mol. The van der Waals surface area contributed by atoms with Crippen LogP contribution in [0.1, 0.15) is 30.1 Å². The van der Waals surface area contributed by atoms with Gasteiger partial charge in [0.1, 0.15) is 0 Å². The van der Waals surface area contributed by atoms with Crippen molar-refractivity contribution < 1.29 is 4.79 Å². The molecule has 1 saturated heterocycles. The van der Waals surface area contributed by atoms with Gasteiger partial charge in [-0.25, -0.2) is 0 Å². The minimum atomic E-state index is -0.134. The highest BCUT2D eigenvalue weighted by molar-refractivity contribution is 8.00. The molecule has 6 heteroatoms. The van der Waals surface area contributed by atoms with Crippen molar-refractivity contribution in [3.8, 4) is 0 Å². The van der Waals surface area contributed by atoms with E-state index >= 15 is 0 Å². The van der Waals surface area contributed by atoms with Crippen molar-refractivity contribution in [1.29, 1.82) is 0 Å². The number of nitrogens with zero attached hydrogens (tertiary/aromatic N) is 1. The van der Waals surface area contributed by atoms with Crippen molar-refractivity contribution in [3.63, 3.8) is 0 Å².